The van der Waals surface area contributed by atoms with Gasteiger partial charge in [-0.15, -0.1) is 0 Å². The molecule has 1 unspecified atom stereocenters. The summed E-state index contributed by atoms with van der Waals surface area (Å²) in [6.07, 6.45) is 5.38. The van der Waals surface area contributed by atoms with Gasteiger partial charge in [-0.2, -0.15) is 0 Å². The second kappa shape index (κ2) is 7.61. The van der Waals surface area contributed by atoms with E-state index in [9.17, 15) is 9.59 Å². The lowest BCUT2D eigenvalue weighted by molar-refractivity contribution is -0.134. The summed E-state index contributed by atoms with van der Waals surface area (Å²) in [5, 5.41) is 0. The first-order valence-corrected chi connectivity index (χ1v) is 6.67. The zero-order valence-electron chi connectivity index (χ0n) is 11.8. The quantitative estimate of drug-likeness (QED) is 0.703. The van der Waals surface area contributed by atoms with Crippen LogP contribution in [0.25, 0.3) is 0 Å². The van der Waals surface area contributed by atoms with Crippen molar-refractivity contribution in [3.05, 3.63) is 23.8 Å². The molecule has 0 aliphatic rings. The maximum Gasteiger partial charge on any atom is 0.225 e. The highest BCUT2D eigenvalue weighted by Gasteiger charge is 2.19. The normalized spacial score (nSPS) is 11.9. The summed E-state index contributed by atoms with van der Waals surface area (Å²) in [7, 11) is 0. The average Bonchev–Trinajstić information content (AvgIpc) is 2.44. The van der Waals surface area contributed by atoms with E-state index in [1.807, 2.05) is 18.7 Å². The Morgan fingerprint density at radius 2 is 2.00 bits per heavy atom. The maximum atomic E-state index is 12.2. The van der Waals surface area contributed by atoms with Crippen LogP contribution < -0.4 is 0 Å². The van der Waals surface area contributed by atoms with Crippen LogP contribution in [0.15, 0.2) is 12.4 Å². The molecule has 1 aromatic heterocycles. The van der Waals surface area contributed by atoms with Gasteiger partial charge in [0.2, 0.25) is 5.91 Å². The number of carbonyl (C=O) groups is 2. The van der Waals surface area contributed by atoms with Crippen LogP contribution in [0.1, 0.15) is 43.4 Å². The fraction of sp³-hybridized carbons (Fsp3) is 0.571. The van der Waals surface area contributed by atoms with Crippen LogP contribution in [-0.4, -0.2) is 40.2 Å². The smallest absolute Gasteiger partial charge is 0.225 e. The number of aldehydes is 1. The first kappa shape index (κ1) is 15.3. The Hall–Kier alpha value is -1.78. The van der Waals surface area contributed by atoms with Gasteiger partial charge in [0.1, 0.15) is 0 Å². The lowest BCUT2D eigenvalue weighted by atomic mass is 10.0. The SMILES string of the molecule is CCCN(CC)C(=O)C(C)Cc1cnc(C=O)nc1. The fourth-order valence-electron chi connectivity index (χ4n) is 1.98. The van der Waals surface area contributed by atoms with Gasteiger partial charge < -0.3 is 4.90 Å². The van der Waals surface area contributed by atoms with Crippen molar-refractivity contribution in [2.75, 3.05) is 13.1 Å². The summed E-state index contributed by atoms with van der Waals surface area (Å²) in [5.41, 5.74) is 0.874. The summed E-state index contributed by atoms with van der Waals surface area (Å²) in [6.45, 7) is 7.49. The molecule has 0 N–H and O–H groups in total. The van der Waals surface area contributed by atoms with E-state index >= 15 is 0 Å². The lowest BCUT2D eigenvalue weighted by Crippen LogP contribution is -2.36. The van der Waals surface area contributed by atoms with Crippen LogP contribution in [0, 0.1) is 5.92 Å². The van der Waals surface area contributed by atoms with Gasteiger partial charge in [-0.05, 0) is 25.3 Å². The molecule has 0 aromatic carbocycles. The Labute approximate surface area is 114 Å². The Bertz CT molecular complexity index is 417. The summed E-state index contributed by atoms with van der Waals surface area (Å²) in [6, 6.07) is 0. The zero-order chi connectivity index (χ0) is 14.3. The van der Waals surface area contributed by atoms with Crippen molar-refractivity contribution in [3.63, 3.8) is 0 Å². The van der Waals surface area contributed by atoms with Gasteiger partial charge in [-0.3, -0.25) is 9.59 Å². The molecule has 1 rings (SSSR count). The summed E-state index contributed by atoms with van der Waals surface area (Å²) < 4.78 is 0. The number of amides is 1. The first-order chi connectivity index (χ1) is 9.12. The Morgan fingerprint density at radius 1 is 1.37 bits per heavy atom. The van der Waals surface area contributed by atoms with E-state index in [0.29, 0.717) is 12.7 Å². The molecule has 0 saturated heterocycles. The minimum absolute atomic E-state index is 0.0998. The van der Waals surface area contributed by atoms with Gasteiger partial charge in [0.25, 0.3) is 0 Å². The number of aromatic nitrogens is 2. The molecule has 19 heavy (non-hydrogen) atoms. The summed E-state index contributed by atoms with van der Waals surface area (Å²) >= 11 is 0. The molecular formula is C14H21N3O2. The third-order valence-corrected chi connectivity index (χ3v) is 2.98. The van der Waals surface area contributed by atoms with E-state index in [-0.39, 0.29) is 17.6 Å². The van der Waals surface area contributed by atoms with Gasteiger partial charge >= 0.3 is 0 Å². The molecule has 1 atom stereocenters. The van der Waals surface area contributed by atoms with Crippen molar-refractivity contribution in [1.29, 1.82) is 0 Å². The Morgan fingerprint density at radius 3 is 2.47 bits per heavy atom. The van der Waals surface area contributed by atoms with Crippen LogP contribution in [0.2, 0.25) is 0 Å². The van der Waals surface area contributed by atoms with Crippen LogP contribution in [0.4, 0.5) is 0 Å². The minimum atomic E-state index is -0.0998. The van der Waals surface area contributed by atoms with Crippen molar-refractivity contribution in [1.82, 2.24) is 14.9 Å². The zero-order valence-corrected chi connectivity index (χ0v) is 11.8. The average molecular weight is 263 g/mol. The van der Waals surface area contributed by atoms with E-state index < -0.39 is 0 Å². The maximum absolute atomic E-state index is 12.2. The predicted octanol–water partition coefficient (Wildman–Crippen LogP) is 1.73. The molecule has 0 aliphatic carbocycles. The second-order valence-corrected chi connectivity index (χ2v) is 4.59. The predicted molar refractivity (Wildman–Crippen MR) is 72.8 cm³/mol. The lowest BCUT2D eigenvalue weighted by Gasteiger charge is -2.23. The number of hydrogen-bond donors (Lipinski definition) is 0. The minimum Gasteiger partial charge on any atom is -0.343 e. The van der Waals surface area contributed by atoms with E-state index in [2.05, 4.69) is 16.9 Å². The van der Waals surface area contributed by atoms with Gasteiger partial charge in [0, 0.05) is 31.4 Å². The molecule has 1 amide bonds. The van der Waals surface area contributed by atoms with Gasteiger partial charge in [-0.1, -0.05) is 13.8 Å². The number of rotatable bonds is 7. The van der Waals surface area contributed by atoms with Gasteiger partial charge in [0.15, 0.2) is 12.1 Å². The molecule has 0 radical (unpaired) electrons. The van der Waals surface area contributed by atoms with E-state index in [4.69, 9.17) is 0 Å². The molecule has 5 heteroatoms. The van der Waals surface area contributed by atoms with Gasteiger partial charge in [-0.25, -0.2) is 9.97 Å². The molecule has 0 aliphatic heterocycles. The van der Waals surface area contributed by atoms with E-state index in [1.54, 1.807) is 12.4 Å². The third-order valence-electron chi connectivity index (χ3n) is 2.98. The first-order valence-electron chi connectivity index (χ1n) is 6.67. The highest BCUT2D eigenvalue weighted by molar-refractivity contribution is 5.78. The van der Waals surface area contributed by atoms with Crippen LogP contribution in [-0.2, 0) is 11.2 Å². The molecule has 5 nitrogen and oxygen atoms in total. The summed E-state index contributed by atoms with van der Waals surface area (Å²) in [4.78, 5) is 32.4. The highest BCUT2D eigenvalue weighted by atomic mass is 16.2. The van der Waals surface area contributed by atoms with Crippen molar-refractivity contribution >= 4 is 12.2 Å². The topological polar surface area (TPSA) is 63.2 Å². The van der Waals surface area contributed by atoms with Crippen molar-refractivity contribution in [2.24, 2.45) is 5.92 Å². The fourth-order valence-corrected chi connectivity index (χ4v) is 1.98. The Kier molecular flexibility index (Phi) is 6.12. The highest BCUT2D eigenvalue weighted by Crippen LogP contribution is 2.10. The molecule has 0 fully saturated rings. The van der Waals surface area contributed by atoms with Crippen LogP contribution in [0.5, 0.6) is 0 Å². The van der Waals surface area contributed by atoms with Crippen molar-refractivity contribution < 1.29 is 9.59 Å². The Balaban J connectivity index is 2.64. The van der Waals surface area contributed by atoms with Crippen LogP contribution >= 0.6 is 0 Å². The molecule has 1 heterocycles. The third kappa shape index (κ3) is 4.43. The van der Waals surface area contributed by atoms with E-state index in [1.165, 1.54) is 0 Å². The number of carbonyl (C=O) groups excluding carboxylic acids is 2. The monoisotopic (exact) mass is 263 g/mol. The summed E-state index contributed by atoms with van der Waals surface area (Å²) in [5.74, 6) is 0.227. The van der Waals surface area contributed by atoms with E-state index in [0.717, 1.165) is 25.1 Å². The molecular weight excluding hydrogens is 242 g/mol. The second-order valence-electron chi connectivity index (χ2n) is 4.59. The molecule has 1 aromatic rings. The largest absolute Gasteiger partial charge is 0.343 e. The number of hydrogen-bond acceptors (Lipinski definition) is 4. The van der Waals surface area contributed by atoms with Crippen LogP contribution in [0.3, 0.4) is 0 Å². The standard InChI is InChI=1S/C14H21N3O2/c1-4-6-17(5-2)14(19)11(3)7-12-8-15-13(10-18)16-9-12/h8-11H,4-7H2,1-3H3. The molecule has 0 saturated carbocycles. The van der Waals surface area contributed by atoms with Gasteiger partial charge in [0.05, 0.1) is 0 Å². The van der Waals surface area contributed by atoms with Crippen molar-refractivity contribution in [2.45, 2.75) is 33.6 Å². The number of nitrogens with zero attached hydrogens (tertiary/aromatic N) is 3. The molecule has 0 bridgehead atoms. The van der Waals surface area contributed by atoms with Crippen molar-refractivity contribution in [3.8, 4) is 0 Å². The molecule has 0 spiro atoms. The molecule has 104 valence electrons.